The average Bonchev–Trinajstić information content (AvgIpc) is 3.25. The van der Waals surface area contributed by atoms with Crippen LogP contribution < -0.4 is 10.1 Å². The van der Waals surface area contributed by atoms with E-state index in [9.17, 15) is 4.79 Å². The van der Waals surface area contributed by atoms with Gasteiger partial charge >= 0.3 is 0 Å². The first-order valence-corrected chi connectivity index (χ1v) is 9.55. The number of methoxy groups -OCH3 is 1. The van der Waals surface area contributed by atoms with E-state index in [-0.39, 0.29) is 12.3 Å². The summed E-state index contributed by atoms with van der Waals surface area (Å²) in [5, 5.41) is 11.2. The van der Waals surface area contributed by atoms with Crippen LogP contribution in [0.25, 0.3) is 22.9 Å². The normalized spacial score (nSPS) is 10.6. The highest BCUT2D eigenvalue weighted by Crippen LogP contribution is 2.25. The molecule has 0 radical (unpaired) electrons. The van der Waals surface area contributed by atoms with Crippen LogP contribution in [0.2, 0.25) is 0 Å². The molecule has 150 valence electrons. The Morgan fingerprint density at radius 2 is 1.50 bits per heavy atom. The van der Waals surface area contributed by atoms with E-state index in [1.165, 1.54) is 5.56 Å². The standard InChI is InChI=1S/C24H21N3O3/c1-16-7-9-17(10-8-16)23-26-27-24(30-23)18-11-13-20(14-12-18)25-22(28)15-19-5-3-4-6-21(19)29-2/h3-14H,15H2,1-2H3,(H,25,28). The minimum absolute atomic E-state index is 0.119. The molecule has 6 nitrogen and oxygen atoms in total. The molecule has 0 aliphatic carbocycles. The minimum Gasteiger partial charge on any atom is -0.496 e. The van der Waals surface area contributed by atoms with Crippen LogP contribution in [0.15, 0.2) is 77.2 Å². The predicted molar refractivity (Wildman–Crippen MR) is 115 cm³/mol. The first kappa shape index (κ1) is 19.4. The summed E-state index contributed by atoms with van der Waals surface area (Å²) in [6.07, 6.45) is 0.231. The molecule has 1 amide bonds. The van der Waals surface area contributed by atoms with E-state index in [1.54, 1.807) is 7.11 Å². The molecule has 1 N–H and O–H groups in total. The molecule has 0 unspecified atom stereocenters. The zero-order valence-electron chi connectivity index (χ0n) is 16.8. The maximum Gasteiger partial charge on any atom is 0.248 e. The molecule has 4 rings (SSSR count). The van der Waals surface area contributed by atoms with Crippen LogP contribution in [-0.4, -0.2) is 23.2 Å². The minimum atomic E-state index is -0.119. The number of aromatic nitrogens is 2. The number of para-hydroxylation sites is 1. The molecular weight excluding hydrogens is 378 g/mol. The molecule has 0 spiro atoms. The Bertz CT molecular complexity index is 1150. The second kappa shape index (κ2) is 8.61. The van der Waals surface area contributed by atoms with Gasteiger partial charge in [0.25, 0.3) is 0 Å². The second-order valence-corrected chi connectivity index (χ2v) is 6.89. The predicted octanol–water partition coefficient (Wildman–Crippen LogP) is 4.90. The van der Waals surface area contributed by atoms with Gasteiger partial charge in [-0.3, -0.25) is 4.79 Å². The molecule has 0 bridgehead atoms. The molecule has 0 atom stereocenters. The molecule has 0 saturated heterocycles. The van der Waals surface area contributed by atoms with Gasteiger partial charge in [0.2, 0.25) is 17.7 Å². The third-order valence-corrected chi connectivity index (χ3v) is 4.68. The number of carbonyl (C=O) groups excluding carboxylic acids is 1. The van der Waals surface area contributed by atoms with Gasteiger partial charge in [0.15, 0.2) is 0 Å². The third-order valence-electron chi connectivity index (χ3n) is 4.68. The van der Waals surface area contributed by atoms with Crippen molar-refractivity contribution in [2.75, 3.05) is 12.4 Å². The fourth-order valence-corrected chi connectivity index (χ4v) is 3.08. The Morgan fingerprint density at radius 3 is 2.13 bits per heavy atom. The number of nitrogens with zero attached hydrogens (tertiary/aromatic N) is 2. The van der Waals surface area contributed by atoms with Crippen molar-refractivity contribution >= 4 is 11.6 Å². The van der Waals surface area contributed by atoms with E-state index >= 15 is 0 Å². The van der Waals surface area contributed by atoms with Crippen molar-refractivity contribution in [3.05, 3.63) is 83.9 Å². The van der Waals surface area contributed by atoms with Crippen molar-refractivity contribution in [3.8, 4) is 28.7 Å². The summed E-state index contributed by atoms with van der Waals surface area (Å²) in [5.74, 6) is 1.48. The number of carbonyl (C=O) groups is 1. The van der Waals surface area contributed by atoms with Crippen LogP contribution in [0, 0.1) is 6.92 Å². The fourth-order valence-electron chi connectivity index (χ4n) is 3.08. The van der Waals surface area contributed by atoms with Crippen molar-refractivity contribution in [2.45, 2.75) is 13.3 Å². The van der Waals surface area contributed by atoms with Crippen LogP contribution in [0.4, 0.5) is 5.69 Å². The molecule has 1 aromatic heterocycles. The number of rotatable bonds is 6. The topological polar surface area (TPSA) is 77.2 Å². The number of anilines is 1. The number of aryl methyl sites for hydroxylation is 1. The summed E-state index contributed by atoms with van der Waals surface area (Å²) in [4.78, 5) is 12.4. The number of ether oxygens (including phenoxy) is 1. The maximum atomic E-state index is 12.4. The van der Waals surface area contributed by atoms with Gasteiger partial charge in [0.05, 0.1) is 13.5 Å². The Balaban J connectivity index is 1.43. The molecule has 0 saturated carbocycles. The Labute approximate surface area is 174 Å². The van der Waals surface area contributed by atoms with Gasteiger partial charge in [-0.25, -0.2) is 0 Å². The summed E-state index contributed by atoms with van der Waals surface area (Å²) in [5.41, 5.74) is 4.35. The van der Waals surface area contributed by atoms with Crippen LogP contribution in [0.1, 0.15) is 11.1 Å². The van der Waals surface area contributed by atoms with Gasteiger partial charge in [-0.1, -0.05) is 35.9 Å². The number of hydrogen-bond donors (Lipinski definition) is 1. The molecular formula is C24H21N3O3. The summed E-state index contributed by atoms with van der Waals surface area (Å²) in [6, 6.07) is 22.7. The number of benzene rings is 3. The Kier molecular flexibility index (Phi) is 5.57. The summed E-state index contributed by atoms with van der Waals surface area (Å²) in [6.45, 7) is 2.03. The Hall–Kier alpha value is -3.93. The van der Waals surface area contributed by atoms with Crippen molar-refractivity contribution in [1.82, 2.24) is 10.2 Å². The Morgan fingerprint density at radius 1 is 0.900 bits per heavy atom. The van der Waals surface area contributed by atoms with Crippen LogP contribution >= 0.6 is 0 Å². The molecule has 0 aliphatic heterocycles. The van der Waals surface area contributed by atoms with Crippen molar-refractivity contribution in [2.24, 2.45) is 0 Å². The molecule has 0 fully saturated rings. The molecule has 1 heterocycles. The fraction of sp³-hybridized carbons (Fsp3) is 0.125. The molecule has 3 aromatic carbocycles. The van der Waals surface area contributed by atoms with Crippen LogP contribution in [0.5, 0.6) is 5.75 Å². The van der Waals surface area contributed by atoms with E-state index in [4.69, 9.17) is 9.15 Å². The lowest BCUT2D eigenvalue weighted by atomic mass is 10.1. The summed E-state index contributed by atoms with van der Waals surface area (Å²) in [7, 11) is 1.59. The number of amides is 1. The van der Waals surface area contributed by atoms with Gasteiger partial charge in [-0.2, -0.15) is 0 Å². The van der Waals surface area contributed by atoms with E-state index in [0.717, 1.165) is 16.7 Å². The number of hydrogen-bond acceptors (Lipinski definition) is 5. The van der Waals surface area contributed by atoms with Crippen molar-refractivity contribution in [1.29, 1.82) is 0 Å². The highest BCUT2D eigenvalue weighted by atomic mass is 16.5. The zero-order valence-corrected chi connectivity index (χ0v) is 16.8. The smallest absolute Gasteiger partial charge is 0.248 e. The van der Waals surface area contributed by atoms with Gasteiger partial charge < -0.3 is 14.5 Å². The highest BCUT2D eigenvalue weighted by molar-refractivity contribution is 5.92. The third kappa shape index (κ3) is 4.38. The van der Waals surface area contributed by atoms with Crippen LogP contribution in [-0.2, 0) is 11.2 Å². The van der Waals surface area contributed by atoms with E-state index in [0.29, 0.717) is 23.2 Å². The summed E-state index contributed by atoms with van der Waals surface area (Å²) >= 11 is 0. The molecule has 30 heavy (non-hydrogen) atoms. The molecule has 4 aromatic rings. The number of nitrogens with one attached hydrogen (secondary N) is 1. The van der Waals surface area contributed by atoms with Crippen LogP contribution in [0.3, 0.4) is 0 Å². The first-order chi connectivity index (χ1) is 14.6. The highest BCUT2D eigenvalue weighted by Gasteiger charge is 2.12. The lowest BCUT2D eigenvalue weighted by molar-refractivity contribution is -0.115. The largest absolute Gasteiger partial charge is 0.496 e. The summed E-state index contributed by atoms with van der Waals surface area (Å²) < 4.78 is 11.1. The van der Waals surface area contributed by atoms with Gasteiger partial charge in [0.1, 0.15) is 5.75 Å². The van der Waals surface area contributed by atoms with Crippen molar-refractivity contribution < 1.29 is 13.9 Å². The monoisotopic (exact) mass is 399 g/mol. The lowest BCUT2D eigenvalue weighted by Gasteiger charge is -2.09. The van der Waals surface area contributed by atoms with E-state index in [1.807, 2.05) is 79.7 Å². The van der Waals surface area contributed by atoms with Gasteiger partial charge in [-0.15, -0.1) is 10.2 Å². The quantitative estimate of drug-likeness (QED) is 0.499. The van der Waals surface area contributed by atoms with E-state index in [2.05, 4.69) is 15.5 Å². The first-order valence-electron chi connectivity index (χ1n) is 9.55. The molecule has 6 heteroatoms. The SMILES string of the molecule is COc1ccccc1CC(=O)Nc1ccc(-c2nnc(-c3ccc(C)cc3)o2)cc1. The zero-order chi connectivity index (χ0) is 20.9. The van der Waals surface area contributed by atoms with Gasteiger partial charge in [-0.05, 0) is 49.4 Å². The van der Waals surface area contributed by atoms with Crippen molar-refractivity contribution in [3.63, 3.8) is 0 Å². The average molecular weight is 399 g/mol. The lowest BCUT2D eigenvalue weighted by Crippen LogP contribution is -2.14. The second-order valence-electron chi connectivity index (χ2n) is 6.89. The maximum absolute atomic E-state index is 12.4. The molecule has 0 aliphatic rings. The van der Waals surface area contributed by atoms with Gasteiger partial charge in [0, 0.05) is 22.4 Å². The van der Waals surface area contributed by atoms with E-state index < -0.39 is 0 Å².